The van der Waals surface area contributed by atoms with Gasteiger partial charge in [0, 0.05) is 12.1 Å². The largest absolute Gasteiger partial charge is 0.497 e. The number of anilines is 1. The number of nitro benzene ring substituents is 1. The molecule has 0 spiro atoms. The van der Waals surface area contributed by atoms with E-state index in [0.717, 1.165) is 11.0 Å². The van der Waals surface area contributed by atoms with Gasteiger partial charge in [0.1, 0.15) is 11.5 Å². The van der Waals surface area contributed by atoms with Crippen molar-refractivity contribution < 1.29 is 28.8 Å². The lowest BCUT2D eigenvalue weighted by Crippen LogP contribution is -2.45. The number of ketones is 1. The summed E-state index contributed by atoms with van der Waals surface area (Å²) < 4.78 is 11.0. The Morgan fingerprint density at radius 1 is 0.647 bits per heavy atom. The number of allylic oxidation sites excluding steroid dienone is 2. The normalized spacial score (nSPS) is 23.5. The third-order valence-electron chi connectivity index (χ3n) is 10.6. The van der Waals surface area contributed by atoms with Crippen LogP contribution in [0.5, 0.6) is 11.5 Å². The van der Waals surface area contributed by atoms with E-state index in [-0.39, 0.29) is 22.2 Å². The molecule has 2 amide bonds. The van der Waals surface area contributed by atoms with Crippen molar-refractivity contribution in [2.75, 3.05) is 19.1 Å². The zero-order valence-corrected chi connectivity index (χ0v) is 28.2. The molecule has 5 aromatic rings. The Kier molecular flexibility index (Phi) is 7.43. The molecule has 8 rings (SSSR count). The summed E-state index contributed by atoms with van der Waals surface area (Å²) in [7, 11) is 3.13. The molecule has 0 radical (unpaired) electrons. The molecule has 0 unspecified atom stereocenters. The van der Waals surface area contributed by atoms with Crippen molar-refractivity contribution >= 4 is 51.7 Å². The van der Waals surface area contributed by atoms with Gasteiger partial charge in [-0.1, -0.05) is 96.5 Å². The maximum Gasteiger partial charge on any atom is 0.271 e. The lowest BCUT2D eigenvalue weighted by atomic mass is 9.59. The van der Waals surface area contributed by atoms with Gasteiger partial charge in [0.25, 0.3) is 5.69 Å². The highest BCUT2D eigenvalue weighted by atomic mass is 35.5. The van der Waals surface area contributed by atoms with Crippen LogP contribution in [-0.4, -0.2) is 36.7 Å². The van der Waals surface area contributed by atoms with Crippen molar-refractivity contribution in [3.05, 3.63) is 165 Å². The van der Waals surface area contributed by atoms with Gasteiger partial charge >= 0.3 is 0 Å². The summed E-state index contributed by atoms with van der Waals surface area (Å²) in [5.41, 5.74) is -0.168. The van der Waals surface area contributed by atoms with Crippen LogP contribution < -0.4 is 14.4 Å². The number of fused-ring (bicyclic) bond motifs is 5. The lowest BCUT2D eigenvalue weighted by Gasteiger charge is -2.39. The molecule has 9 nitrogen and oxygen atoms in total. The van der Waals surface area contributed by atoms with E-state index < -0.39 is 39.4 Å². The number of carbonyl (C=O) groups is 3. The van der Waals surface area contributed by atoms with Gasteiger partial charge in [0.2, 0.25) is 11.8 Å². The van der Waals surface area contributed by atoms with E-state index in [0.29, 0.717) is 44.9 Å². The Morgan fingerprint density at radius 2 is 1.08 bits per heavy atom. The van der Waals surface area contributed by atoms with E-state index in [1.165, 1.54) is 12.1 Å². The first-order chi connectivity index (χ1) is 24.7. The van der Waals surface area contributed by atoms with Crippen LogP contribution in [0.3, 0.4) is 0 Å². The minimum atomic E-state index is -1.67. The first-order valence-corrected chi connectivity index (χ1v) is 16.6. The molecule has 252 valence electrons. The predicted octanol–water partition coefficient (Wildman–Crippen LogP) is 7.45. The van der Waals surface area contributed by atoms with Gasteiger partial charge in [0.15, 0.2) is 5.78 Å². The standard InChI is InChI=1S/C41H29ClN2O7/c1-50-29-18-13-24(14-19-29)33-34(25-15-20-30(51-2)21-16-25)41(27-11-7-4-8-12-27)36-35(40(33,39(41)47)26-9-5-3-6-10-26)37(45)43(38(36)46)32-23-28(44(48)49)17-22-31(32)42/h3-23,35-36H,1-2H3/t35-,36+,40-,41+. The summed E-state index contributed by atoms with van der Waals surface area (Å²) in [6.45, 7) is 0. The number of imide groups is 1. The van der Waals surface area contributed by atoms with Crippen LogP contribution in [0.25, 0.3) is 11.1 Å². The zero-order valence-electron chi connectivity index (χ0n) is 27.4. The summed E-state index contributed by atoms with van der Waals surface area (Å²) in [4.78, 5) is 58.6. The molecule has 0 aromatic heterocycles. The highest BCUT2D eigenvalue weighted by Gasteiger charge is 2.82. The van der Waals surface area contributed by atoms with Crippen molar-refractivity contribution in [1.29, 1.82) is 0 Å². The second-order valence-corrected chi connectivity index (χ2v) is 13.2. The number of nitrogens with zero attached hydrogens (tertiary/aromatic N) is 2. The van der Waals surface area contributed by atoms with Crippen LogP contribution in [-0.2, 0) is 25.2 Å². The van der Waals surface area contributed by atoms with Crippen LogP contribution in [0.4, 0.5) is 11.4 Å². The number of rotatable bonds is 8. The topological polar surface area (TPSA) is 116 Å². The zero-order chi connectivity index (χ0) is 35.7. The van der Waals surface area contributed by atoms with Crippen molar-refractivity contribution in [3.63, 3.8) is 0 Å². The Bertz CT molecular complexity index is 2160. The average molecular weight is 697 g/mol. The molecule has 4 atom stereocenters. The van der Waals surface area contributed by atoms with Crippen LogP contribution in [0, 0.1) is 22.0 Å². The highest BCUT2D eigenvalue weighted by Crippen LogP contribution is 2.74. The van der Waals surface area contributed by atoms with E-state index in [9.17, 15) is 10.1 Å². The number of amides is 2. The van der Waals surface area contributed by atoms with Crippen molar-refractivity contribution in [3.8, 4) is 11.5 Å². The minimum absolute atomic E-state index is 0.0119. The maximum atomic E-state index is 16.1. The molecule has 1 heterocycles. The molecule has 51 heavy (non-hydrogen) atoms. The molecular formula is C41H29ClN2O7. The quantitative estimate of drug-likeness (QED) is 0.0940. The Morgan fingerprint density at radius 3 is 1.47 bits per heavy atom. The molecule has 10 heteroatoms. The molecule has 2 aliphatic carbocycles. The molecule has 1 aliphatic heterocycles. The van der Waals surface area contributed by atoms with E-state index in [1.54, 1.807) is 38.5 Å². The summed E-state index contributed by atoms with van der Waals surface area (Å²) in [6.07, 6.45) is 0. The maximum absolute atomic E-state index is 16.1. The Labute approximate surface area is 297 Å². The summed E-state index contributed by atoms with van der Waals surface area (Å²) >= 11 is 6.63. The SMILES string of the molecule is COc1ccc(C2=C(c3ccc(OC)cc3)[C@@]3(c4ccccc4)C(=O)[C@]2(c2ccccc2)[C@@H]2C(=O)N(c4cc([N+](=O)[O-])ccc4Cl)C(=O)[C@@H]23)cc1. The molecular weight excluding hydrogens is 668 g/mol. The van der Waals surface area contributed by atoms with Crippen LogP contribution in [0.1, 0.15) is 22.3 Å². The number of non-ortho nitro benzene ring substituents is 1. The number of benzene rings is 5. The number of carbonyl (C=O) groups excluding carboxylic acids is 3. The van der Waals surface area contributed by atoms with E-state index in [1.807, 2.05) is 84.9 Å². The molecule has 2 fully saturated rings. The van der Waals surface area contributed by atoms with E-state index >= 15 is 14.4 Å². The molecule has 2 bridgehead atoms. The van der Waals surface area contributed by atoms with Crippen molar-refractivity contribution in [2.24, 2.45) is 11.8 Å². The van der Waals surface area contributed by atoms with Gasteiger partial charge in [-0.15, -0.1) is 0 Å². The number of halogens is 1. The van der Waals surface area contributed by atoms with E-state index in [2.05, 4.69) is 0 Å². The van der Waals surface area contributed by atoms with Crippen LogP contribution in [0.2, 0.25) is 5.02 Å². The Balaban J connectivity index is 1.53. The summed E-state index contributed by atoms with van der Waals surface area (Å²) in [5, 5.41) is 11.9. The van der Waals surface area contributed by atoms with Gasteiger partial charge < -0.3 is 9.47 Å². The fourth-order valence-corrected chi connectivity index (χ4v) is 8.87. The number of hydrogen-bond acceptors (Lipinski definition) is 7. The number of nitro groups is 1. The highest BCUT2D eigenvalue weighted by molar-refractivity contribution is 6.41. The Hall–Kier alpha value is -6.06. The average Bonchev–Trinajstić information content (AvgIpc) is 3.67. The van der Waals surface area contributed by atoms with Gasteiger partial charge in [0.05, 0.1) is 52.5 Å². The van der Waals surface area contributed by atoms with Gasteiger partial charge in [-0.25, -0.2) is 4.90 Å². The summed E-state index contributed by atoms with van der Waals surface area (Å²) in [5.74, 6) is -2.88. The van der Waals surface area contributed by atoms with Crippen molar-refractivity contribution in [2.45, 2.75) is 10.8 Å². The molecule has 3 aliphatic rings. The first kappa shape index (κ1) is 32.2. The fraction of sp³-hybridized carbons (Fsp3) is 0.146. The number of hydrogen-bond donors (Lipinski definition) is 0. The predicted molar refractivity (Wildman–Crippen MR) is 192 cm³/mol. The second kappa shape index (κ2) is 11.8. The molecule has 5 aromatic carbocycles. The van der Waals surface area contributed by atoms with Gasteiger partial charge in [-0.3, -0.25) is 24.5 Å². The van der Waals surface area contributed by atoms with Crippen LogP contribution >= 0.6 is 11.6 Å². The molecule has 1 saturated heterocycles. The smallest absolute Gasteiger partial charge is 0.271 e. The molecule has 0 N–H and O–H groups in total. The first-order valence-electron chi connectivity index (χ1n) is 16.2. The third-order valence-corrected chi connectivity index (χ3v) is 10.9. The monoisotopic (exact) mass is 696 g/mol. The summed E-state index contributed by atoms with van der Waals surface area (Å²) in [6, 6.07) is 36.4. The number of methoxy groups -OCH3 is 2. The minimum Gasteiger partial charge on any atom is -0.497 e. The number of ether oxygens (including phenoxy) is 2. The molecule has 1 saturated carbocycles. The number of Topliss-reactive ketones (excluding diaryl/α,β-unsaturated/α-hetero) is 1. The van der Waals surface area contributed by atoms with Gasteiger partial charge in [-0.2, -0.15) is 0 Å². The van der Waals surface area contributed by atoms with E-state index in [4.69, 9.17) is 21.1 Å². The third kappa shape index (κ3) is 4.24. The fourth-order valence-electron chi connectivity index (χ4n) is 8.66. The van der Waals surface area contributed by atoms with Gasteiger partial charge in [-0.05, 0) is 63.7 Å². The van der Waals surface area contributed by atoms with Crippen molar-refractivity contribution in [1.82, 2.24) is 0 Å². The lowest BCUT2D eigenvalue weighted by molar-refractivity contribution is -0.384. The second-order valence-electron chi connectivity index (χ2n) is 12.7. The van der Waals surface area contributed by atoms with Crippen LogP contribution in [0.15, 0.2) is 127 Å².